The van der Waals surface area contributed by atoms with Crippen LogP contribution in [0.3, 0.4) is 0 Å². The Hall–Kier alpha value is -8.50. The van der Waals surface area contributed by atoms with Crippen molar-refractivity contribution in [1.82, 2.24) is 9.55 Å². The SMILES string of the molecule is CC(C)(C)c1cccc(-c2ccccc2)c1N(c1[c-]c(N2[CH-]N(c3c(-c4ccccc4)cccc3-c3ccccc3)c3c2ccc2ccccc32)ccc1)c1[c-]c2c(cc1)c1ccccc1n2-c1ccccn1.[Pt]. The van der Waals surface area contributed by atoms with Gasteiger partial charge in [-0.15, -0.1) is 48.1 Å². The van der Waals surface area contributed by atoms with Crippen molar-refractivity contribution in [3.05, 3.63) is 267 Å². The van der Waals surface area contributed by atoms with E-state index < -0.39 is 0 Å². The van der Waals surface area contributed by atoms with Crippen molar-refractivity contribution in [3.8, 4) is 39.2 Å². The molecule has 6 heteroatoms. The van der Waals surface area contributed by atoms with Gasteiger partial charge in [0.2, 0.25) is 0 Å². The predicted octanol–water partition coefficient (Wildman–Crippen LogP) is 18.1. The third-order valence-corrected chi connectivity index (χ3v) is 14.2. The summed E-state index contributed by atoms with van der Waals surface area (Å²) in [6.07, 6.45) is 1.86. The van der Waals surface area contributed by atoms with E-state index in [4.69, 9.17) is 4.98 Å². The average Bonchev–Trinajstić information content (AvgIpc) is 4.01. The first-order valence-corrected chi connectivity index (χ1v) is 25.0. The molecule has 1 aliphatic rings. The van der Waals surface area contributed by atoms with Gasteiger partial charge in [0.05, 0.1) is 5.69 Å². The summed E-state index contributed by atoms with van der Waals surface area (Å²) < 4.78 is 2.24. The Bertz CT molecular complexity index is 3940. The molecular formula is C68H50N5Pt-3. The Labute approximate surface area is 447 Å². The molecule has 0 bridgehead atoms. The van der Waals surface area contributed by atoms with Gasteiger partial charge < -0.3 is 19.3 Å². The van der Waals surface area contributed by atoms with Gasteiger partial charge in [0, 0.05) is 71.9 Å². The quantitative estimate of drug-likeness (QED) is 0.135. The van der Waals surface area contributed by atoms with Crippen LogP contribution < -0.4 is 14.7 Å². The molecule has 74 heavy (non-hydrogen) atoms. The fourth-order valence-electron chi connectivity index (χ4n) is 10.9. The van der Waals surface area contributed by atoms with Crippen molar-refractivity contribution in [2.24, 2.45) is 0 Å². The molecule has 0 fully saturated rings. The van der Waals surface area contributed by atoms with Crippen molar-refractivity contribution in [2.75, 3.05) is 14.7 Å². The first-order valence-electron chi connectivity index (χ1n) is 25.0. The minimum absolute atomic E-state index is 0. The van der Waals surface area contributed by atoms with Gasteiger partial charge >= 0.3 is 0 Å². The van der Waals surface area contributed by atoms with Gasteiger partial charge in [-0.1, -0.05) is 220 Å². The molecule has 0 radical (unpaired) electrons. The van der Waals surface area contributed by atoms with Crippen molar-refractivity contribution in [2.45, 2.75) is 26.2 Å². The molecule has 360 valence electrons. The summed E-state index contributed by atoms with van der Waals surface area (Å²) in [5, 5.41) is 4.59. The van der Waals surface area contributed by atoms with Crippen LogP contribution in [0.5, 0.6) is 0 Å². The first-order chi connectivity index (χ1) is 35.9. The summed E-state index contributed by atoms with van der Waals surface area (Å²) in [5.41, 5.74) is 16.8. The maximum Gasteiger partial charge on any atom is 0.135 e. The summed E-state index contributed by atoms with van der Waals surface area (Å²) in [6.45, 7) is 9.18. The number of nitrogens with zero attached hydrogens (tertiary/aromatic N) is 5. The zero-order valence-electron chi connectivity index (χ0n) is 41.2. The summed E-state index contributed by atoms with van der Waals surface area (Å²) in [4.78, 5) is 12.0. The van der Waals surface area contributed by atoms with Crippen LogP contribution in [0.2, 0.25) is 0 Å². The molecule has 1 aliphatic heterocycles. The Morgan fingerprint density at radius 2 is 1.05 bits per heavy atom. The molecule has 0 spiro atoms. The van der Waals surface area contributed by atoms with Gasteiger partial charge in [-0.25, -0.2) is 4.98 Å². The second-order valence-electron chi connectivity index (χ2n) is 19.7. The molecule has 10 aromatic carbocycles. The topological polar surface area (TPSA) is 27.5 Å². The molecule has 13 rings (SSSR count). The Morgan fingerprint density at radius 1 is 0.459 bits per heavy atom. The molecule has 0 amide bonds. The van der Waals surface area contributed by atoms with E-state index in [9.17, 15) is 0 Å². The number of anilines is 7. The molecule has 0 saturated heterocycles. The second kappa shape index (κ2) is 19.2. The van der Waals surface area contributed by atoms with Crippen LogP contribution in [-0.2, 0) is 26.5 Å². The minimum atomic E-state index is -0.241. The fourth-order valence-corrected chi connectivity index (χ4v) is 10.9. The third kappa shape index (κ3) is 8.05. The predicted molar refractivity (Wildman–Crippen MR) is 305 cm³/mol. The summed E-state index contributed by atoms with van der Waals surface area (Å²) >= 11 is 0. The van der Waals surface area contributed by atoms with Crippen molar-refractivity contribution in [1.29, 1.82) is 0 Å². The van der Waals surface area contributed by atoms with E-state index in [0.29, 0.717) is 0 Å². The summed E-state index contributed by atoms with van der Waals surface area (Å²) in [5.74, 6) is 0.840. The van der Waals surface area contributed by atoms with Gasteiger partial charge in [0.25, 0.3) is 0 Å². The number of rotatable bonds is 9. The molecule has 0 unspecified atom stereocenters. The maximum absolute atomic E-state index is 4.89. The van der Waals surface area contributed by atoms with E-state index in [1.54, 1.807) is 0 Å². The largest absolute Gasteiger partial charge is 0.493 e. The molecule has 5 nitrogen and oxygen atoms in total. The number of pyridine rings is 1. The van der Waals surface area contributed by atoms with Gasteiger partial charge in [0.15, 0.2) is 0 Å². The number of aromatic nitrogens is 2. The second-order valence-corrected chi connectivity index (χ2v) is 19.7. The Balaban J connectivity index is 0.00000556. The van der Waals surface area contributed by atoms with Crippen LogP contribution in [0.25, 0.3) is 71.8 Å². The van der Waals surface area contributed by atoms with Gasteiger partial charge in [-0.05, 0) is 62.7 Å². The number of hydrogen-bond donors (Lipinski definition) is 0. The molecule has 0 N–H and O–H groups in total. The van der Waals surface area contributed by atoms with Crippen LogP contribution >= 0.6 is 0 Å². The van der Waals surface area contributed by atoms with Crippen molar-refractivity contribution < 1.29 is 21.1 Å². The standard InChI is InChI=1S/C68H50N5.Pt/c1-68(2,3)60-36-21-35-56(49-26-11-6-12-27-49)66(60)72(53-40-41-59-58-32-15-16-37-61(58)73(63(59)45-53)64-38-17-18-43-69-64)52-30-19-29-51(44-52)70-46-71(67-57-31-14-13-28-50(57)39-42-62(67)70)65-54(47-22-7-4-8-23-47)33-20-34-55(65)48-24-9-5-10-25-48;/h4-43,46H,1-3H3;/q-3;. The first kappa shape index (κ1) is 46.6. The normalized spacial score (nSPS) is 12.3. The Morgan fingerprint density at radius 3 is 1.74 bits per heavy atom. The number of hydrogen-bond acceptors (Lipinski definition) is 4. The van der Waals surface area contributed by atoms with E-state index in [1.807, 2.05) is 18.3 Å². The zero-order chi connectivity index (χ0) is 49.0. The van der Waals surface area contributed by atoms with Crippen LogP contribution in [-0.4, -0.2) is 9.55 Å². The van der Waals surface area contributed by atoms with E-state index in [0.717, 1.165) is 106 Å². The van der Waals surface area contributed by atoms with E-state index in [2.05, 4.69) is 283 Å². The molecular weight excluding hydrogens is 1080 g/mol. The number of fused-ring (bicyclic) bond motifs is 6. The van der Waals surface area contributed by atoms with Crippen LogP contribution in [0.15, 0.2) is 243 Å². The number of para-hydroxylation sites is 3. The maximum atomic E-state index is 4.89. The van der Waals surface area contributed by atoms with Crippen molar-refractivity contribution in [3.63, 3.8) is 0 Å². The molecule has 0 atom stereocenters. The van der Waals surface area contributed by atoms with Gasteiger partial charge in [0.1, 0.15) is 5.82 Å². The van der Waals surface area contributed by atoms with Gasteiger partial charge in [-0.3, -0.25) is 0 Å². The Kier molecular flexibility index (Phi) is 12.1. The van der Waals surface area contributed by atoms with Crippen LogP contribution in [0.4, 0.5) is 39.8 Å². The van der Waals surface area contributed by atoms with Gasteiger partial charge in [-0.2, -0.15) is 12.1 Å². The van der Waals surface area contributed by atoms with E-state index in [1.165, 1.54) is 10.9 Å². The summed E-state index contributed by atoms with van der Waals surface area (Å²) in [7, 11) is 0. The van der Waals surface area contributed by atoms with Crippen LogP contribution in [0.1, 0.15) is 26.3 Å². The fraction of sp³-hybridized carbons (Fsp3) is 0.0588. The zero-order valence-corrected chi connectivity index (χ0v) is 43.5. The molecule has 2 aromatic heterocycles. The minimum Gasteiger partial charge on any atom is -0.493 e. The average molecular weight is 1130 g/mol. The van der Waals surface area contributed by atoms with E-state index >= 15 is 0 Å². The molecule has 12 aromatic rings. The molecule has 3 heterocycles. The van der Waals surface area contributed by atoms with Crippen LogP contribution in [0, 0.1) is 18.8 Å². The monoisotopic (exact) mass is 1130 g/mol. The molecule has 0 saturated carbocycles. The third-order valence-electron chi connectivity index (χ3n) is 14.2. The van der Waals surface area contributed by atoms with E-state index in [-0.39, 0.29) is 26.5 Å². The van der Waals surface area contributed by atoms with Crippen molar-refractivity contribution >= 4 is 72.4 Å². The molecule has 0 aliphatic carbocycles. The summed E-state index contributed by atoms with van der Waals surface area (Å²) in [6, 6.07) is 92.7. The smallest absolute Gasteiger partial charge is 0.135 e. The number of benzene rings is 10.